The molecule has 0 amide bonds. The number of hydrogen-bond acceptors (Lipinski definition) is 4. The lowest BCUT2D eigenvalue weighted by Gasteiger charge is -1.97. The van der Waals surface area contributed by atoms with Crippen LogP contribution in [-0.4, -0.2) is 13.3 Å². The van der Waals surface area contributed by atoms with Crippen LogP contribution in [0.25, 0.3) is 0 Å². The molecule has 76 valence electrons. The van der Waals surface area contributed by atoms with Crippen LogP contribution >= 0.6 is 0 Å². The van der Waals surface area contributed by atoms with Crippen molar-refractivity contribution in [3.8, 4) is 0 Å². The lowest BCUT2D eigenvalue weighted by molar-refractivity contribution is -0.385. The van der Waals surface area contributed by atoms with Gasteiger partial charge in [0, 0.05) is 12.1 Å². The van der Waals surface area contributed by atoms with Crippen LogP contribution < -0.4 is 0 Å². The lowest BCUT2D eigenvalue weighted by atomic mass is 10.2. The molecule has 0 bridgehead atoms. The van der Waals surface area contributed by atoms with Crippen molar-refractivity contribution < 1.29 is 17.2 Å². The molecule has 0 unspecified atom stereocenters. The summed E-state index contributed by atoms with van der Waals surface area (Å²) in [6, 6.07) is 2.87. The molecule has 1 aromatic carbocycles. The van der Waals surface area contributed by atoms with Crippen LogP contribution in [0.3, 0.4) is 0 Å². The molecule has 0 atom stereocenters. The molecular formula is C7H6FNO4S. The zero-order valence-corrected chi connectivity index (χ0v) is 7.91. The van der Waals surface area contributed by atoms with E-state index in [1.54, 1.807) is 0 Å². The Labute approximate surface area is 79.5 Å². The number of non-ortho nitro benzene ring substituents is 1. The average molecular weight is 219 g/mol. The smallest absolute Gasteiger partial charge is 0.258 e. The molecule has 0 radical (unpaired) electrons. The summed E-state index contributed by atoms with van der Waals surface area (Å²) in [4.78, 5) is 8.85. The number of benzene rings is 1. The number of hydrogen-bond donors (Lipinski definition) is 0. The second-order valence-electron chi connectivity index (χ2n) is 2.70. The normalized spacial score (nSPS) is 11.3. The van der Waals surface area contributed by atoms with Crippen molar-refractivity contribution in [1.29, 1.82) is 0 Å². The Morgan fingerprint density at radius 2 is 1.93 bits per heavy atom. The topological polar surface area (TPSA) is 77.3 Å². The summed E-state index contributed by atoms with van der Waals surface area (Å²) >= 11 is 0. The standard InChI is InChI=1S/C7H6FNO4S/c1-5-2-6(9(10)11)4-7(3-5)14(8,12)13/h2-4H,1H3. The fourth-order valence-electron chi connectivity index (χ4n) is 0.975. The molecule has 0 fully saturated rings. The van der Waals surface area contributed by atoms with Gasteiger partial charge in [-0.1, -0.05) is 0 Å². The SMILES string of the molecule is Cc1cc([N+](=O)[O-])cc(S(=O)(=O)F)c1. The van der Waals surface area contributed by atoms with Crippen LogP contribution in [0.15, 0.2) is 23.1 Å². The molecule has 5 nitrogen and oxygen atoms in total. The summed E-state index contributed by atoms with van der Waals surface area (Å²) < 4.78 is 33.4. The molecular weight excluding hydrogens is 213 g/mol. The van der Waals surface area contributed by atoms with Gasteiger partial charge in [0.1, 0.15) is 4.90 Å². The Kier molecular flexibility index (Phi) is 2.52. The van der Waals surface area contributed by atoms with Crippen LogP contribution in [0.2, 0.25) is 0 Å². The van der Waals surface area contributed by atoms with E-state index in [1.807, 2.05) is 0 Å². The van der Waals surface area contributed by atoms with E-state index in [4.69, 9.17) is 0 Å². The first-order chi connectivity index (χ1) is 6.30. The van der Waals surface area contributed by atoms with Gasteiger partial charge in [0.2, 0.25) is 0 Å². The van der Waals surface area contributed by atoms with Crippen LogP contribution in [0.4, 0.5) is 9.57 Å². The fourth-order valence-corrected chi connectivity index (χ4v) is 1.56. The van der Waals surface area contributed by atoms with E-state index in [0.717, 1.165) is 12.1 Å². The highest BCUT2D eigenvalue weighted by Gasteiger charge is 2.17. The van der Waals surface area contributed by atoms with Crippen LogP contribution in [-0.2, 0) is 10.2 Å². The van der Waals surface area contributed by atoms with Gasteiger partial charge in [-0.2, -0.15) is 8.42 Å². The van der Waals surface area contributed by atoms with Gasteiger partial charge in [0.15, 0.2) is 0 Å². The van der Waals surface area contributed by atoms with E-state index in [9.17, 15) is 22.4 Å². The molecule has 0 aromatic heterocycles. The molecule has 0 aliphatic rings. The maximum absolute atomic E-state index is 12.5. The number of nitro benzene ring substituents is 1. The van der Waals surface area contributed by atoms with E-state index >= 15 is 0 Å². The number of halogens is 1. The van der Waals surface area contributed by atoms with E-state index < -0.39 is 25.7 Å². The van der Waals surface area contributed by atoms with Gasteiger partial charge in [-0.15, -0.1) is 3.89 Å². The largest absolute Gasteiger partial charge is 0.332 e. The van der Waals surface area contributed by atoms with E-state index in [-0.39, 0.29) is 0 Å². The predicted molar refractivity (Wildman–Crippen MR) is 46.1 cm³/mol. The minimum absolute atomic E-state index is 0.315. The quantitative estimate of drug-likeness (QED) is 0.429. The molecule has 0 aliphatic heterocycles. The average Bonchev–Trinajstić information content (AvgIpc) is 2.01. The monoisotopic (exact) mass is 219 g/mol. The van der Waals surface area contributed by atoms with Crippen LogP contribution in [0.5, 0.6) is 0 Å². The summed E-state index contributed by atoms with van der Waals surface area (Å²) in [5.74, 6) is 0. The third-order valence-electron chi connectivity index (χ3n) is 1.53. The zero-order chi connectivity index (χ0) is 10.9. The summed E-state index contributed by atoms with van der Waals surface area (Å²) in [6.45, 7) is 1.45. The Morgan fingerprint density at radius 1 is 1.36 bits per heavy atom. The van der Waals surface area contributed by atoms with Gasteiger partial charge in [0.25, 0.3) is 5.69 Å². The zero-order valence-electron chi connectivity index (χ0n) is 7.10. The Morgan fingerprint density at radius 3 is 2.36 bits per heavy atom. The minimum atomic E-state index is -4.89. The molecule has 0 spiro atoms. The second-order valence-corrected chi connectivity index (χ2v) is 4.05. The number of rotatable bonds is 2. The first-order valence-electron chi connectivity index (χ1n) is 3.51. The van der Waals surface area contributed by atoms with Crippen molar-refractivity contribution in [3.63, 3.8) is 0 Å². The Bertz CT molecular complexity index is 482. The molecule has 1 rings (SSSR count). The third kappa shape index (κ3) is 2.25. The summed E-state index contributed by atoms with van der Waals surface area (Å²) in [6.07, 6.45) is 0. The molecule has 0 saturated heterocycles. The molecule has 0 heterocycles. The highest BCUT2D eigenvalue weighted by Crippen LogP contribution is 2.21. The summed E-state index contributed by atoms with van der Waals surface area (Å²) in [7, 11) is -4.89. The highest BCUT2D eigenvalue weighted by atomic mass is 32.3. The van der Waals surface area contributed by atoms with Gasteiger partial charge < -0.3 is 0 Å². The molecule has 14 heavy (non-hydrogen) atoms. The van der Waals surface area contributed by atoms with Gasteiger partial charge in [-0.05, 0) is 18.6 Å². The molecule has 0 aliphatic carbocycles. The summed E-state index contributed by atoms with van der Waals surface area (Å²) in [5, 5.41) is 10.3. The first-order valence-corrected chi connectivity index (χ1v) is 4.90. The maximum Gasteiger partial charge on any atom is 0.332 e. The number of nitro groups is 1. The first kappa shape index (κ1) is 10.6. The van der Waals surface area contributed by atoms with Crippen molar-refractivity contribution in [1.82, 2.24) is 0 Å². The van der Waals surface area contributed by atoms with Gasteiger partial charge in [-0.3, -0.25) is 10.1 Å². The minimum Gasteiger partial charge on any atom is -0.258 e. The fraction of sp³-hybridized carbons (Fsp3) is 0.143. The molecule has 7 heteroatoms. The highest BCUT2D eigenvalue weighted by molar-refractivity contribution is 7.86. The van der Waals surface area contributed by atoms with E-state index in [0.29, 0.717) is 11.6 Å². The van der Waals surface area contributed by atoms with E-state index in [1.165, 1.54) is 6.92 Å². The van der Waals surface area contributed by atoms with Gasteiger partial charge in [-0.25, -0.2) is 0 Å². The van der Waals surface area contributed by atoms with E-state index in [2.05, 4.69) is 0 Å². The van der Waals surface area contributed by atoms with Crippen LogP contribution in [0, 0.1) is 17.0 Å². The Balaban J connectivity index is 3.43. The van der Waals surface area contributed by atoms with Crippen molar-refractivity contribution in [2.75, 3.05) is 0 Å². The Hall–Kier alpha value is -1.50. The molecule has 1 aromatic rings. The number of aryl methyl sites for hydroxylation is 1. The van der Waals surface area contributed by atoms with Crippen molar-refractivity contribution in [2.45, 2.75) is 11.8 Å². The summed E-state index contributed by atoms with van der Waals surface area (Å²) in [5.41, 5.74) is -0.128. The maximum atomic E-state index is 12.5. The second kappa shape index (κ2) is 3.33. The molecule has 0 saturated carbocycles. The van der Waals surface area contributed by atoms with Crippen molar-refractivity contribution >= 4 is 15.9 Å². The van der Waals surface area contributed by atoms with Crippen molar-refractivity contribution in [2.24, 2.45) is 0 Å². The van der Waals surface area contributed by atoms with Gasteiger partial charge in [0.05, 0.1) is 4.92 Å². The lowest BCUT2D eigenvalue weighted by Crippen LogP contribution is -1.96. The third-order valence-corrected chi connectivity index (χ3v) is 2.33. The van der Waals surface area contributed by atoms with Gasteiger partial charge >= 0.3 is 10.2 Å². The van der Waals surface area contributed by atoms with Crippen LogP contribution in [0.1, 0.15) is 5.56 Å². The molecule has 0 N–H and O–H groups in total. The number of nitrogens with zero attached hydrogens (tertiary/aromatic N) is 1. The van der Waals surface area contributed by atoms with Crippen molar-refractivity contribution in [3.05, 3.63) is 33.9 Å². The predicted octanol–water partition coefficient (Wildman–Crippen LogP) is 1.56.